The van der Waals surface area contributed by atoms with Gasteiger partial charge in [0.2, 0.25) is 0 Å². The largest absolute Gasteiger partial charge is 0.491 e. The zero-order valence-electron chi connectivity index (χ0n) is 41.1. The number of unbranched alkanes of at least 4 members (excludes halogenated alkanes) is 4. The van der Waals surface area contributed by atoms with Crippen LogP contribution in [0.5, 0.6) is 34.5 Å². The zero-order valence-corrected chi connectivity index (χ0v) is 41.1. The minimum Gasteiger partial charge on any atom is -0.491 e. The van der Waals surface area contributed by atoms with E-state index in [1.54, 1.807) is 20.3 Å². The van der Waals surface area contributed by atoms with E-state index in [1.165, 1.54) is 0 Å². The lowest BCUT2D eigenvalue weighted by Crippen LogP contribution is -2.10. The second kappa shape index (κ2) is 28.4. The van der Waals surface area contributed by atoms with Crippen molar-refractivity contribution in [3.05, 3.63) is 60.2 Å². The van der Waals surface area contributed by atoms with E-state index in [0.29, 0.717) is 112 Å². The first-order chi connectivity index (χ1) is 33.5. The van der Waals surface area contributed by atoms with E-state index in [4.69, 9.17) is 56.8 Å². The van der Waals surface area contributed by atoms with Crippen molar-refractivity contribution in [1.29, 1.82) is 0 Å². The van der Waals surface area contributed by atoms with Crippen molar-refractivity contribution in [3.8, 4) is 34.5 Å². The molecule has 0 spiro atoms. The molecule has 370 valence electrons. The number of methoxy groups -OCH3 is 2. The SMILES string of the molecule is CCCCOCCOc1cc2c(OCOC)ccc(OCCOCCCC)c2c2c1ccc1ccc3c(OCCOCCCC)cc4c(OCOC)c(C=O)cc(OCCOCCCC)c4c3c12. The minimum absolute atomic E-state index is 0.0260. The fraction of sp³-hybridized carbons (Fsp3) is 0.509. The molecule has 13 nitrogen and oxygen atoms in total. The molecule has 68 heavy (non-hydrogen) atoms. The van der Waals surface area contributed by atoms with E-state index in [1.807, 2.05) is 24.3 Å². The summed E-state index contributed by atoms with van der Waals surface area (Å²) in [6.45, 7) is 13.8. The van der Waals surface area contributed by atoms with E-state index in [0.717, 1.165) is 106 Å². The van der Waals surface area contributed by atoms with Crippen LogP contribution >= 0.6 is 0 Å². The van der Waals surface area contributed by atoms with E-state index >= 15 is 0 Å². The molecule has 6 rings (SSSR count). The molecule has 0 bridgehead atoms. The van der Waals surface area contributed by atoms with Gasteiger partial charge in [-0.15, -0.1) is 0 Å². The molecule has 6 aromatic carbocycles. The minimum atomic E-state index is -0.0972. The van der Waals surface area contributed by atoms with Gasteiger partial charge >= 0.3 is 0 Å². The standard InChI is InChI=1S/C55H72O13/c1-7-11-21-59-25-29-63-46-20-19-45(67-37-57-5)43-34-47(64-30-26-60-22-12-8-2)41-17-15-39-16-18-42-48(65-31-27-61-23-13-9-3)35-44-52(54(42)50(39)53(41)51(43)46)49(66-32-28-62-24-14-10-4)33-40(36-56)55(44)68-38-58-6/h15-20,33-36H,7-14,21-32,37-38H2,1-6H3. The predicted octanol–water partition coefficient (Wildman–Crippen LogP) is 12.0. The third kappa shape index (κ3) is 13.3. The molecular formula is C55H72O13. The van der Waals surface area contributed by atoms with Crippen LogP contribution in [0.15, 0.2) is 54.6 Å². The number of ether oxygens (including phenoxy) is 12. The van der Waals surface area contributed by atoms with Gasteiger partial charge in [0, 0.05) is 83.7 Å². The molecule has 0 aliphatic carbocycles. The highest BCUT2D eigenvalue weighted by atomic mass is 16.7. The number of fused-ring (bicyclic) bond motifs is 9. The molecule has 0 saturated carbocycles. The molecule has 0 amide bonds. The Bertz CT molecular complexity index is 2480. The van der Waals surface area contributed by atoms with Crippen LogP contribution in [0.25, 0.3) is 53.9 Å². The van der Waals surface area contributed by atoms with Crippen LogP contribution in [0, 0.1) is 0 Å². The summed E-state index contributed by atoms with van der Waals surface area (Å²) in [6, 6.07) is 17.9. The molecule has 0 aliphatic heterocycles. The Morgan fingerprint density at radius 3 is 1.31 bits per heavy atom. The summed E-state index contributed by atoms with van der Waals surface area (Å²) in [5, 5.41) is 8.02. The molecule has 6 aromatic rings. The normalized spacial score (nSPS) is 11.6. The first-order valence-corrected chi connectivity index (χ1v) is 24.5. The number of benzene rings is 6. The van der Waals surface area contributed by atoms with Gasteiger partial charge in [-0.1, -0.05) is 65.5 Å². The number of rotatable bonds is 35. The second-order valence-corrected chi connectivity index (χ2v) is 16.5. The van der Waals surface area contributed by atoms with Crippen molar-refractivity contribution in [3.63, 3.8) is 0 Å². The van der Waals surface area contributed by atoms with E-state index < -0.39 is 0 Å². The van der Waals surface area contributed by atoms with E-state index in [2.05, 4.69) is 52.0 Å². The molecule has 0 fully saturated rings. The van der Waals surface area contributed by atoms with Gasteiger partial charge in [0.05, 0.1) is 32.0 Å². The first-order valence-electron chi connectivity index (χ1n) is 24.5. The first kappa shape index (κ1) is 52.2. The lowest BCUT2D eigenvalue weighted by molar-refractivity contribution is 0.0515. The van der Waals surface area contributed by atoms with Gasteiger partial charge in [0.15, 0.2) is 19.9 Å². The molecular weight excluding hydrogens is 869 g/mol. The number of carbonyl (C=O) groups is 1. The Kier molecular flexibility index (Phi) is 21.8. The van der Waals surface area contributed by atoms with E-state index in [-0.39, 0.29) is 26.8 Å². The van der Waals surface area contributed by atoms with Gasteiger partial charge in [-0.05, 0) is 78.9 Å². The molecule has 13 heteroatoms. The average molecular weight is 941 g/mol. The molecule has 0 aliphatic rings. The van der Waals surface area contributed by atoms with Gasteiger partial charge in [-0.2, -0.15) is 0 Å². The molecule has 0 N–H and O–H groups in total. The zero-order chi connectivity index (χ0) is 47.9. The Morgan fingerprint density at radius 2 is 0.824 bits per heavy atom. The topological polar surface area (TPSA) is 128 Å². The summed E-state index contributed by atoms with van der Waals surface area (Å²) in [4.78, 5) is 13.0. The monoisotopic (exact) mass is 940 g/mol. The van der Waals surface area contributed by atoms with Crippen molar-refractivity contribution in [1.82, 2.24) is 0 Å². The molecule has 0 unspecified atom stereocenters. The Morgan fingerprint density at radius 1 is 0.382 bits per heavy atom. The van der Waals surface area contributed by atoms with Crippen LogP contribution in [0.3, 0.4) is 0 Å². The maximum absolute atomic E-state index is 13.0. The van der Waals surface area contributed by atoms with Crippen molar-refractivity contribution in [2.75, 3.05) is 107 Å². The highest BCUT2D eigenvalue weighted by Gasteiger charge is 2.25. The summed E-state index contributed by atoms with van der Waals surface area (Å²) in [5.74, 6) is 3.28. The Labute approximate surface area is 401 Å². The highest BCUT2D eigenvalue weighted by molar-refractivity contribution is 6.35. The van der Waals surface area contributed by atoms with Crippen LogP contribution in [0.4, 0.5) is 0 Å². The highest BCUT2D eigenvalue weighted by Crippen LogP contribution is 2.51. The quantitative estimate of drug-likeness (QED) is 0.0162. The maximum atomic E-state index is 13.0. The maximum Gasteiger partial charge on any atom is 0.188 e. The van der Waals surface area contributed by atoms with Gasteiger partial charge in [-0.25, -0.2) is 0 Å². The van der Waals surface area contributed by atoms with Gasteiger partial charge in [-0.3, -0.25) is 4.79 Å². The molecule has 0 atom stereocenters. The fourth-order valence-electron chi connectivity index (χ4n) is 8.15. The van der Waals surface area contributed by atoms with Crippen LogP contribution in [-0.2, 0) is 28.4 Å². The van der Waals surface area contributed by atoms with Crippen LogP contribution < -0.4 is 28.4 Å². The summed E-state index contributed by atoms with van der Waals surface area (Å²) >= 11 is 0. The fourth-order valence-corrected chi connectivity index (χ4v) is 8.15. The smallest absolute Gasteiger partial charge is 0.188 e. The molecule has 0 heterocycles. The number of hydrogen-bond acceptors (Lipinski definition) is 13. The summed E-state index contributed by atoms with van der Waals surface area (Å²) in [5.41, 5.74) is 0.300. The number of carbonyl (C=O) groups excluding carboxylic acids is 1. The van der Waals surface area contributed by atoms with Crippen LogP contribution in [-0.4, -0.2) is 113 Å². The number of aldehydes is 1. The molecule has 0 saturated heterocycles. The second-order valence-electron chi connectivity index (χ2n) is 16.5. The lowest BCUT2D eigenvalue weighted by Gasteiger charge is -2.22. The summed E-state index contributed by atoms with van der Waals surface area (Å²) in [6.07, 6.45) is 8.76. The van der Waals surface area contributed by atoms with Crippen molar-refractivity contribution < 1.29 is 61.6 Å². The van der Waals surface area contributed by atoms with E-state index in [9.17, 15) is 4.79 Å². The predicted molar refractivity (Wildman–Crippen MR) is 269 cm³/mol. The third-order valence-electron chi connectivity index (χ3n) is 11.5. The molecule has 0 aromatic heterocycles. The lowest BCUT2D eigenvalue weighted by atomic mass is 9.88. The molecule has 0 radical (unpaired) electrons. The summed E-state index contributed by atoms with van der Waals surface area (Å²) in [7, 11) is 3.14. The third-order valence-corrected chi connectivity index (χ3v) is 11.5. The van der Waals surface area contributed by atoms with Crippen molar-refractivity contribution in [2.24, 2.45) is 0 Å². The van der Waals surface area contributed by atoms with Crippen LogP contribution in [0.1, 0.15) is 89.4 Å². The average Bonchev–Trinajstić information content (AvgIpc) is 3.36. The Balaban J connectivity index is 1.73. The van der Waals surface area contributed by atoms with Gasteiger partial charge in [0.25, 0.3) is 0 Å². The van der Waals surface area contributed by atoms with Crippen LogP contribution in [0.2, 0.25) is 0 Å². The van der Waals surface area contributed by atoms with Crippen molar-refractivity contribution in [2.45, 2.75) is 79.1 Å². The number of hydrogen-bond donors (Lipinski definition) is 0. The van der Waals surface area contributed by atoms with Crippen molar-refractivity contribution >= 4 is 60.1 Å². The van der Waals surface area contributed by atoms with Gasteiger partial charge in [0.1, 0.15) is 60.9 Å². The Hall–Kier alpha value is -5.15. The van der Waals surface area contributed by atoms with Gasteiger partial charge < -0.3 is 56.8 Å². The summed E-state index contributed by atoms with van der Waals surface area (Å²) < 4.78 is 74.1.